The molecule has 5 heteroatoms. The van der Waals surface area contributed by atoms with Gasteiger partial charge in [0.15, 0.2) is 5.78 Å². The maximum atomic E-state index is 12.4. The summed E-state index contributed by atoms with van der Waals surface area (Å²) in [5.74, 6) is 0.296. The minimum Gasteiger partial charge on any atom is -0.486 e. The van der Waals surface area contributed by atoms with Crippen LogP contribution in [0.1, 0.15) is 30.6 Å². The molecule has 1 aliphatic rings. The van der Waals surface area contributed by atoms with Crippen molar-refractivity contribution in [1.82, 2.24) is 0 Å². The zero-order valence-electron chi connectivity index (χ0n) is 12.3. The highest BCUT2D eigenvalue weighted by Gasteiger charge is 2.35. The normalized spacial score (nSPS) is 15.8. The highest BCUT2D eigenvalue weighted by atomic mass is 16.6. The smallest absolute Gasteiger partial charge is 0.271 e. The molecule has 0 unspecified atom stereocenters. The monoisotopic (exact) mass is 297 g/mol. The Bertz CT molecular complexity index is 766. The molecule has 5 nitrogen and oxygen atoms in total. The van der Waals surface area contributed by atoms with Crippen molar-refractivity contribution < 1.29 is 14.5 Å². The van der Waals surface area contributed by atoms with E-state index in [0.29, 0.717) is 11.3 Å². The van der Waals surface area contributed by atoms with Crippen LogP contribution in [0, 0.1) is 10.1 Å². The molecule has 0 aromatic heterocycles. The van der Waals surface area contributed by atoms with Crippen LogP contribution in [-0.2, 0) is 0 Å². The summed E-state index contributed by atoms with van der Waals surface area (Å²) in [6.07, 6.45) is 0.204. The SMILES string of the molecule is CC1(C)CC(=O)c2cc([N+](=O)[O-])cc(-c3ccccc3)c2O1. The number of fused-ring (bicyclic) bond motifs is 1. The highest BCUT2D eigenvalue weighted by Crippen LogP contribution is 2.43. The third kappa shape index (κ3) is 2.45. The van der Waals surface area contributed by atoms with Gasteiger partial charge in [0, 0.05) is 17.7 Å². The van der Waals surface area contributed by atoms with Gasteiger partial charge in [-0.25, -0.2) is 0 Å². The predicted octanol–water partition coefficient (Wildman–Crippen LogP) is 4.01. The Labute approximate surface area is 127 Å². The van der Waals surface area contributed by atoms with E-state index in [1.165, 1.54) is 12.1 Å². The molecule has 1 heterocycles. The van der Waals surface area contributed by atoms with Crippen molar-refractivity contribution in [1.29, 1.82) is 0 Å². The summed E-state index contributed by atoms with van der Waals surface area (Å²) in [6, 6.07) is 12.0. The first-order chi connectivity index (χ1) is 10.4. The van der Waals surface area contributed by atoms with E-state index in [0.717, 1.165) is 5.56 Å². The van der Waals surface area contributed by atoms with Gasteiger partial charge in [-0.2, -0.15) is 0 Å². The van der Waals surface area contributed by atoms with Gasteiger partial charge in [0.05, 0.1) is 16.9 Å². The van der Waals surface area contributed by atoms with Crippen molar-refractivity contribution in [3.05, 3.63) is 58.1 Å². The van der Waals surface area contributed by atoms with Gasteiger partial charge in [-0.3, -0.25) is 14.9 Å². The van der Waals surface area contributed by atoms with Crippen LogP contribution in [0.2, 0.25) is 0 Å². The summed E-state index contributed by atoms with van der Waals surface area (Å²) in [5, 5.41) is 11.2. The van der Waals surface area contributed by atoms with Crippen molar-refractivity contribution in [2.24, 2.45) is 0 Å². The molecule has 0 radical (unpaired) electrons. The molecule has 1 aliphatic heterocycles. The third-order valence-electron chi connectivity index (χ3n) is 3.63. The van der Waals surface area contributed by atoms with Crippen molar-refractivity contribution >= 4 is 11.5 Å². The fourth-order valence-electron chi connectivity index (χ4n) is 2.66. The van der Waals surface area contributed by atoms with Gasteiger partial charge in [-0.05, 0) is 19.4 Å². The zero-order valence-corrected chi connectivity index (χ0v) is 12.3. The fraction of sp³-hybridized carbons (Fsp3) is 0.235. The number of nitro groups is 1. The Morgan fingerprint density at radius 2 is 1.77 bits per heavy atom. The van der Waals surface area contributed by atoms with E-state index in [4.69, 9.17) is 4.74 Å². The van der Waals surface area contributed by atoms with Crippen molar-refractivity contribution in [2.45, 2.75) is 25.9 Å². The average molecular weight is 297 g/mol. The summed E-state index contributed by atoms with van der Waals surface area (Å²) in [7, 11) is 0. The molecule has 0 amide bonds. The molecule has 22 heavy (non-hydrogen) atoms. The predicted molar refractivity (Wildman–Crippen MR) is 82.2 cm³/mol. The number of hydrogen-bond acceptors (Lipinski definition) is 4. The second-order valence-corrected chi connectivity index (χ2v) is 5.95. The van der Waals surface area contributed by atoms with Crippen molar-refractivity contribution in [3.63, 3.8) is 0 Å². The van der Waals surface area contributed by atoms with Crippen LogP contribution in [0.3, 0.4) is 0 Å². The number of Topliss-reactive ketones (excluding diaryl/α,β-unsaturated/α-hetero) is 1. The molecule has 2 aromatic carbocycles. The summed E-state index contributed by atoms with van der Waals surface area (Å²) < 4.78 is 5.97. The minimum atomic E-state index is -0.621. The molecule has 0 spiro atoms. The van der Waals surface area contributed by atoms with Gasteiger partial charge >= 0.3 is 0 Å². The van der Waals surface area contributed by atoms with Crippen molar-refractivity contribution in [2.75, 3.05) is 0 Å². The average Bonchev–Trinajstić information content (AvgIpc) is 2.46. The second-order valence-electron chi connectivity index (χ2n) is 5.95. The van der Waals surface area contributed by atoms with Crippen LogP contribution in [0.25, 0.3) is 11.1 Å². The first-order valence-electron chi connectivity index (χ1n) is 6.97. The van der Waals surface area contributed by atoms with Gasteiger partial charge in [-0.1, -0.05) is 30.3 Å². The number of ketones is 1. The Hall–Kier alpha value is -2.69. The van der Waals surface area contributed by atoms with Crippen LogP contribution >= 0.6 is 0 Å². The zero-order chi connectivity index (χ0) is 15.9. The standard InChI is InChI=1S/C17H15NO4/c1-17(2)10-15(19)14-9-12(18(20)21)8-13(16(14)22-17)11-6-4-3-5-7-11/h3-9H,10H2,1-2H3. The van der Waals surface area contributed by atoms with E-state index >= 15 is 0 Å². The topological polar surface area (TPSA) is 69.4 Å². The number of carbonyl (C=O) groups excluding carboxylic acids is 1. The lowest BCUT2D eigenvalue weighted by molar-refractivity contribution is -0.384. The molecule has 0 fully saturated rings. The Kier molecular flexibility index (Phi) is 3.20. The van der Waals surface area contributed by atoms with Gasteiger partial charge in [0.1, 0.15) is 11.4 Å². The number of nitro benzene ring substituents is 1. The second kappa shape index (κ2) is 4.94. The van der Waals surface area contributed by atoms with Crippen LogP contribution in [0.5, 0.6) is 5.75 Å². The third-order valence-corrected chi connectivity index (χ3v) is 3.63. The summed E-state index contributed by atoms with van der Waals surface area (Å²) in [5.41, 5.74) is 0.921. The number of nitrogens with zero attached hydrogens (tertiary/aromatic N) is 1. The summed E-state index contributed by atoms with van der Waals surface area (Å²) >= 11 is 0. The maximum Gasteiger partial charge on any atom is 0.271 e. The number of non-ortho nitro benzene ring substituents is 1. The van der Waals surface area contributed by atoms with E-state index < -0.39 is 10.5 Å². The first kappa shape index (κ1) is 14.3. The largest absolute Gasteiger partial charge is 0.486 e. The number of rotatable bonds is 2. The summed E-state index contributed by atoms with van der Waals surface area (Å²) in [4.78, 5) is 23.0. The van der Waals surface area contributed by atoms with E-state index in [1.807, 2.05) is 44.2 Å². The van der Waals surface area contributed by atoms with E-state index in [1.54, 1.807) is 0 Å². The van der Waals surface area contributed by atoms with Crippen molar-refractivity contribution in [3.8, 4) is 16.9 Å². The van der Waals surface area contributed by atoms with Gasteiger partial charge in [-0.15, -0.1) is 0 Å². The molecule has 112 valence electrons. The minimum absolute atomic E-state index is 0.103. The molecule has 3 rings (SSSR count). The molecular weight excluding hydrogens is 282 g/mol. The van der Waals surface area contributed by atoms with Gasteiger partial charge in [0.2, 0.25) is 0 Å². The number of carbonyl (C=O) groups is 1. The molecule has 0 saturated carbocycles. The van der Waals surface area contributed by atoms with E-state index in [9.17, 15) is 14.9 Å². The lowest BCUT2D eigenvalue weighted by Crippen LogP contribution is -2.36. The fourth-order valence-corrected chi connectivity index (χ4v) is 2.66. The summed E-state index contributed by atoms with van der Waals surface area (Å²) in [6.45, 7) is 3.67. The number of benzene rings is 2. The Balaban J connectivity index is 2.28. The highest BCUT2D eigenvalue weighted by molar-refractivity contribution is 6.03. The molecule has 0 saturated heterocycles. The Morgan fingerprint density at radius 1 is 1.14 bits per heavy atom. The van der Waals surface area contributed by atoms with E-state index in [-0.39, 0.29) is 23.5 Å². The molecule has 0 atom stereocenters. The lowest BCUT2D eigenvalue weighted by atomic mass is 9.89. The lowest BCUT2D eigenvalue weighted by Gasteiger charge is -2.32. The number of ether oxygens (including phenoxy) is 1. The first-order valence-corrected chi connectivity index (χ1v) is 6.97. The molecule has 0 bridgehead atoms. The molecule has 2 aromatic rings. The van der Waals surface area contributed by atoms with E-state index in [2.05, 4.69) is 0 Å². The quantitative estimate of drug-likeness (QED) is 0.620. The van der Waals surface area contributed by atoms with Crippen LogP contribution in [-0.4, -0.2) is 16.3 Å². The molecule has 0 N–H and O–H groups in total. The molecular formula is C17H15NO4. The van der Waals surface area contributed by atoms with Gasteiger partial charge < -0.3 is 4.74 Å². The number of hydrogen-bond donors (Lipinski definition) is 0. The molecule has 0 aliphatic carbocycles. The van der Waals surface area contributed by atoms with Crippen LogP contribution in [0.15, 0.2) is 42.5 Å². The van der Waals surface area contributed by atoms with Gasteiger partial charge in [0.25, 0.3) is 5.69 Å². The maximum absolute atomic E-state index is 12.4. The van der Waals surface area contributed by atoms with Crippen LogP contribution < -0.4 is 4.74 Å². The van der Waals surface area contributed by atoms with Crippen LogP contribution in [0.4, 0.5) is 5.69 Å². The Morgan fingerprint density at radius 3 is 2.41 bits per heavy atom.